The van der Waals surface area contributed by atoms with E-state index in [1.165, 1.54) is 0 Å². The van der Waals surface area contributed by atoms with Crippen molar-refractivity contribution in [3.8, 4) is 0 Å². The number of hydrogen-bond donors (Lipinski definition) is 2. The molecule has 0 aromatic heterocycles. The Labute approximate surface area is 66.0 Å². The van der Waals surface area contributed by atoms with Crippen molar-refractivity contribution in [2.45, 2.75) is 12.5 Å². The maximum absolute atomic E-state index is 4.89. The lowest BCUT2D eigenvalue weighted by atomic mass is 10.2. The van der Waals surface area contributed by atoms with Gasteiger partial charge >= 0.3 is 0 Å². The smallest absolute Gasteiger partial charge is 0.170 e. The minimum Gasteiger partial charge on any atom is -0.356 e. The van der Waals surface area contributed by atoms with Gasteiger partial charge in [-0.1, -0.05) is 6.08 Å². The zero-order valence-corrected chi connectivity index (χ0v) is 6.45. The van der Waals surface area contributed by atoms with Crippen LogP contribution in [-0.4, -0.2) is 11.2 Å². The van der Waals surface area contributed by atoms with Crippen LogP contribution in [0.4, 0.5) is 0 Å². The molecule has 0 radical (unpaired) electrons. The van der Waals surface area contributed by atoms with Gasteiger partial charge in [0.25, 0.3) is 0 Å². The highest BCUT2D eigenvalue weighted by atomic mass is 32.1. The summed E-state index contributed by atoms with van der Waals surface area (Å²) in [6, 6.07) is 0.325. The van der Waals surface area contributed by atoms with Crippen molar-refractivity contribution in [2.75, 3.05) is 0 Å². The number of thiocarbonyl (C=S) groups is 1. The normalized spacial score (nSPS) is 23.2. The SMILES string of the molecule is C=CCC1C=CNC(=S)N1. The fourth-order valence-electron chi connectivity index (χ4n) is 0.815. The van der Waals surface area contributed by atoms with Crippen molar-refractivity contribution in [3.05, 3.63) is 24.9 Å². The molecule has 1 unspecified atom stereocenters. The number of nitrogens with one attached hydrogen (secondary N) is 2. The van der Waals surface area contributed by atoms with E-state index in [0.717, 1.165) is 6.42 Å². The van der Waals surface area contributed by atoms with E-state index in [1.54, 1.807) is 0 Å². The zero-order valence-electron chi connectivity index (χ0n) is 5.63. The van der Waals surface area contributed by atoms with Crippen LogP contribution in [0.2, 0.25) is 0 Å². The van der Waals surface area contributed by atoms with Crippen molar-refractivity contribution < 1.29 is 0 Å². The molecule has 1 atom stereocenters. The molecule has 1 heterocycles. The molecule has 0 aliphatic carbocycles. The molecule has 0 bridgehead atoms. The van der Waals surface area contributed by atoms with Gasteiger partial charge in [-0.05, 0) is 24.7 Å². The van der Waals surface area contributed by atoms with Crippen molar-refractivity contribution in [1.29, 1.82) is 0 Å². The molecule has 3 heteroatoms. The largest absolute Gasteiger partial charge is 0.356 e. The first-order chi connectivity index (χ1) is 4.83. The predicted octanol–water partition coefficient (Wildman–Crippen LogP) is 0.922. The van der Waals surface area contributed by atoms with Gasteiger partial charge in [-0.2, -0.15) is 0 Å². The molecule has 0 aromatic carbocycles. The second-order valence-electron chi connectivity index (χ2n) is 2.11. The van der Waals surface area contributed by atoms with Crippen LogP contribution >= 0.6 is 12.2 Å². The summed E-state index contributed by atoms with van der Waals surface area (Å²) in [6.45, 7) is 3.64. The standard InChI is InChI=1S/C7H10N2S/c1-2-3-6-4-5-8-7(10)9-6/h2,4-6H,1,3H2,(H2,8,9,10). The van der Waals surface area contributed by atoms with E-state index in [-0.39, 0.29) is 0 Å². The minimum atomic E-state index is 0.325. The minimum absolute atomic E-state index is 0.325. The van der Waals surface area contributed by atoms with Crippen LogP contribution in [0.3, 0.4) is 0 Å². The van der Waals surface area contributed by atoms with Gasteiger partial charge in [-0.3, -0.25) is 0 Å². The van der Waals surface area contributed by atoms with Gasteiger partial charge in [-0.15, -0.1) is 6.58 Å². The quantitative estimate of drug-likeness (QED) is 0.457. The predicted molar refractivity (Wildman–Crippen MR) is 46.6 cm³/mol. The Balaban J connectivity index is 2.46. The molecular weight excluding hydrogens is 144 g/mol. The molecule has 54 valence electrons. The maximum atomic E-state index is 4.89. The molecule has 0 saturated heterocycles. The zero-order chi connectivity index (χ0) is 7.40. The van der Waals surface area contributed by atoms with E-state index in [9.17, 15) is 0 Å². The first-order valence-electron chi connectivity index (χ1n) is 3.17. The van der Waals surface area contributed by atoms with E-state index in [4.69, 9.17) is 12.2 Å². The highest BCUT2D eigenvalue weighted by Gasteiger charge is 2.06. The summed E-state index contributed by atoms with van der Waals surface area (Å²) in [5.41, 5.74) is 0. The highest BCUT2D eigenvalue weighted by Crippen LogP contribution is 1.97. The Morgan fingerprint density at radius 2 is 2.60 bits per heavy atom. The Kier molecular flexibility index (Phi) is 2.45. The van der Waals surface area contributed by atoms with Gasteiger partial charge in [-0.25, -0.2) is 0 Å². The van der Waals surface area contributed by atoms with Gasteiger partial charge in [0.1, 0.15) is 0 Å². The second-order valence-corrected chi connectivity index (χ2v) is 2.52. The summed E-state index contributed by atoms with van der Waals surface area (Å²) in [4.78, 5) is 0. The molecule has 0 fully saturated rings. The third kappa shape index (κ3) is 1.84. The van der Waals surface area contributed by atoms with Crippen LogP contribution < -0.4 is 10.6 Å². The van der Waals surface area contributed by atoms with E-state index >= 15 is 0 Å². The number of hydrogen-bond acceptors (Lipinski definition) is 1. The third-order valence-electron chi connectivity index (χ3n) is 1.28. The van der Waals surface area contributed by atoms with Crippen LogP contribution in [-0.2, 0) is 0 Å². The molecule has 2 nitrogen and oxygen atoms in total. The monoisotopic (exact) mass is 154 g/mol. The van der Waals surface area contributed by atoms with Crippen molar-refractivity contribution in [1.82, 2.24) is 10.6 Å². The van der Waals surface area contributed by atoms with Gasteiger partial charge in [0.05, 0.1) is 6.04 Å². The first-order valence-corrected chi connectivity index (χ1v) is 3.58. The third-order valence-corrected chi connectivity index (χ3v) is 1.52. The van der Waals surface area contributed by atoms with Crippen LogP contribution in [0.1, 0.15) is 6.42 Å². The fraction of sp³-hybridized carbons (Fsp3) is 0.286. The molecule has 0 spiro atoms. The summed E-state index contributed by atoms with van der Waals surface area (Å²) >= 11 is 4.89. The molecule has 1 rings (SSSR count). The van der Waals surface area contributed by atoms with Crippen LogP contribution in [0.25, 0.3) is 0 Å². The second kappa shape index (κ2) is 3.37. The molecule has 0 aromatic rings. The van der Waals surface area contributed by atoms with Crippen LogP contribution in [0.5, 0.6) is 0 Å². The molecule has 1 aliphatic heterocycles. The van der Waals surface area contributed by atoms with Crippen molar-refractivity contribution in [3.63, 3.8) is 0 Å². The summed E-state index contributed by atoms with van der Waals surface area (Å²) in [7, 11) is 0. The average Bonchev–Trinajstić information content (AvgIpc) is 1.88. The highest BCUT2D eigenvalue weighted by molar-refractivity contribution is 7.80. The summed E-state index contributed by atoms with van der Waals surface area (Å²) < 4.78 is 0. The fourth-order valence-corrected chi connectivity index (χ4v) is 1.03. The summed E-state index contributed by atoms with van der Waals surface area (Å²) in [6.07, 6.45) is 6.67. The molecule has 1 aliphatic rings. The number of rotatable bonds is 2. The summed E-state index contributed by atoms with van der Waals surface area (Å²) in [5, 5.41) is 6.64. The van der Waals surface area contributed by atoms with Gasteiger partial charge in [0, 0.05) is 6.20 Å². The van der Waals surface area contributed by atoms with E-state index in [0.29, 0.717) is 11.2 Å². The average molecular weight is 154 g/mol. The molecular formula is C7H10N2S. The lowest BCUT2D eigenvalue weighted by Crippen LogP contribution is -2.42. The van der Waals surface area contributed by atoms with Gasteiger partial charge in [0.15, 0.2) is 5.11 Å². The Morgan fingerprint density at radius 3 is 3.20 bits per heavy atom. The maximum Gasteiger partial charge on any atom is 0.170 e. The Morgan fingerprint density at radius 1 is 1.80 bits per heavy atom. The molecule has 2 N–H and O–H groups in total. The Bertz CT molecular complexity index is 174. The molecule has 10 heavy (non-hydrogen) atoms. The van der Waals surface area contributed by atoms with Crippen molar-refractivity contribution in [2.24, 2.45) is 0 Å². The van der Waals surface area contributed by atoms with Crippen LogP contribution in [0, 0.1) is 0 Å². The molecule has 0 saturated carbocycles. The van der Waals surface area contributed by atoms with E-state index < -0.39 is 0 Å². The van der Waals surface area contributed by atoms with Gasteiger partial charge < -0.3 is 10.6 Å². The van der Waals surface area contributed by atoms with Crippen molar-refractivity contribution >= 4 is 17.3 Å². The first kappa shape index (κ1) is 7.28. The van der Waals surface area contributed by atoms with E-state index in [2.05, 4.69) is 17.2 Å². The van der Waals surface area contributed by atoms with Gasteiger partial charge in [0.2, 0.25) is 0 Å². The van der Waals surface area contributed by atoms with Crippen LogP contribution in [0.15, 0.2) is 24.9 Å². The summed E-state index contributed by atoms with van der Waals surface area (Å²) in [5.74, 6) is 0. The lowest BCUT2D eigenvalue weighted by molar-refractivity contribution is 0.715. The van der Waals surface area contributed by atoms with E-state index in [1.807, 2.05) is 18.4 Å². The Hall–Kier alpha value is -0.830. The lowest BCUT2D eigenvalue weighted by Gasteiger charge is -2.19. The topological polar surface area (TPSA) is 24.1 Å². The molecule has 0 amide bonds.